The van der Waals surface area contributed by atoms with Gasteiger partial charge in [0, 0.05) is 11.6 Å². The largest absolute Gasteiger partial charge is 0.494 e. The molecule has 0 bridgehead atoms. The third kappa shape index (κ3) is 6.01. The van der Waals surface area contributed by atoms with Gasteiger partial charge in [0.05, 0.1) is 13.2 Å². The van der Waals surface area contributed by atoms with E-state index in [9.17, 15) is 4.79 Å². The number of carbonyl (C=O) groups excluding carboxylic acids is 1. The summed E-state index contributed by atoms with van der Waals surface area (Å²) in [6, 6.07) is 3.60. The standard InChI is InChI=1S/C20H32N2O3/c1-14-11-18(25-10-4-5-17-6-8-21-9-7-17)12-15(2)19(14)20(24)22-16(3)13-23/h11-12,16-17,21,23H,4-10,13H2,1-3H3,(H,22,24)/t16-/m1/s1. The molecule has 3 N–H and O–H groups in total. The Bertz CT molecular complexity index is 545. The molecule has 0 unspecified atom stereocenters. The molecule has 0 aliphatic carbocycles. The molecule has 1 amide bonds. The third-order valence-corrected chi connectivity index (χ3v) is 4.87. The highest BCUT2D eigenvalue weighted by Gasteiger charge is 2.16. The summed E-state index contributed by atoms with van der Waals surface area (Å²) in [7, 11) is 0. The van der Waals surface area contributed by atoms with Gasteiger partial charge < -0.3 is 20.5 Å². The van der Waals surface area contributed by atoms with Crippen molar-refractivity contribution in [3.05, 3.63) is 28.8 Å². The number of rotatable bonds is 8. The second kappa shape index (κ2) is 9.78. The normalized spacial score (nSPS) is 16.5. The van der Waals surface area contributed by atoms with Crippen molar-refractivity contribution < 1.29 is 14.6 Å². The van der Waals surface area contributed by atoms with Crippen LogP contribution in [0.5, 0.6) is 5.75 Å². The number of aliphatic hydroxyl groups excluding tert-OH is 1. The highest BCUT2D eigenvalue weighted by Crippen LogP contribution is 2.23. The molecule has 5 heteroatoms. The summed E-state index contributed by atoms with van der Waals surface area (Å²) in [6.45, 7) is 8.56. The second-order valence-corrected chi connectivity index (χ2v) is 7.17. The molecule has 0 saturated carbocycles. The molecule has 1 saturated heterocycles. The molecule has 140 valence electrons. The maximum absolute atomic E-state index is 12.3. The highest BCUT2D eigenvalue weighted by molar-refractivity contribution is 5.97. The summed E-state index contributed by atoms with van der Waals surface area (Å²) in [5.41, 5.74) is 2.47. The summed E-state index contributed by atoms with van der Waals surface area (Å²) >= 11 is 0. The van der Waals surface area contributed by atoms with Gasteiger partial charge in [-0.1, -0.05) is 0 Å². The lowest BCUT2D eigenvalue weighted by atomic mass is 9.93. The van der Waals surface area contributed by atoms with Crippen LogP contribution in [0.1, 0.15) is 54.1 Å². The Labute approximate surface area is 151 Å². The lowest BCUT2D eigenvalue weighted by Crippen LogP contribution is -2.35. The topological polar surface area (TPSA) is 70.6 Å². The van der Waals surface area contributed by atoms with Crippen LogP contribution >= 0.6 is 0 Å². The van der Waals surface area contributed by atoms with Crippen LogP contribution in [0, 0.1) is 19.8 Å². The van der Waals surface area contributed by atoms with Gasteiger partial charge in [0.25, 0.3) is 5.91 Å². The number of amides is 1. The maximum atomic E-state index is 12.3. The molecule has 1 heterocycles. The Morgan fingerprint density at radius 3 is 2.56 bits per heavy atom. The van der Waals surface area contributed by atoms with Crippen molar-refractivity contribution in [1.82, 2.24) is 10.6 Å². The van der Waals surface area contributed by atoms with Gasteiger partial charge in [-0.2, -0.15) is 0 Å². The number of nitrogens with one attached hydrogen (secondary N) is 2. The van der Waals surface area contributed by atoms with Gasteiger partial charge in [-0.3, -0.25) is 4.79 Å². The summed E-state index contributed by atoms with van der Waals surface area (Å²) < 4.78 is 5.91. The summed E-state index contributed by atoms with van der Waals surface area (Å²) in [4.78, 5) is 12.3. The zero-order chi connectivity index (χ0) is 18.2. The highest BCUT2D eigenvalue weighted by atomic mass is 16.5. The molecule has 0 spiro atoms. The van der Waals surface area contributed by atoms with Crippen LogP contribution in [0.2, 0.25) is 0 Å². The van der Waals surface area contributed by atoms with Gasteiger partial charge in [-0.25, -0.2) is 0 Å². The van der Waals surface area contributed by atoms with Crippen LogP contribution in [-0.2, 0) is 0 Å². The van der Waals surface area contributed by atoms with Crippen molar-refractivity contribution in [2.24, 2.45) is 5.92 Å². The first-order chi connectivity index (χ1) is 12.0. The van der Waals surface area contributed by atoms with Crippen LogP contribution in [0.3, 0.4) is 0 Å². The molecule has 0 aromatic heterocycles. The van der Waals surface area contributed by atoms with E-state index in [2.05, 4.69) is 10.6 Å². The van der Waals surface area contributed by atoms with Gasteiger partial charge in [0.2, 0.25) is 0 Å². The molecule has 1 aromatic rings. The first-order valence-electron chi connectivity index (χ1n) is 9.37. The minimum atomic E-state index is -0.253. The van der Waals surface area contributed by atoms with E-state index in [1.54, 1.807) is 6.92 Å². The van der Waals surface area contributed by atoms with Crippen LogP contribution < -0.4 is 15.4 Å². The van der Waals surface area contributed by atoms with Gasteiger partial charge in [0.1, 0.15) is 5.75 Å². The minimum Gasteiger partial charge on any atom is -0.494 e. The molecular weight excluding hydrogens is 316 g/mol. The van der Waals surface area contributed by atoms with Gasteiger partial charge in [0.15, 0.2) is 0 Å². The Morgan fingerprint density at radius 2 is 1.96 bits per heavy atom. The minimum absolute atomic E-state index is 0.0674. The molecule has 1 aromatic carbocycles. The first-order valence-corrected chi connectivity index (χ1v) is 9.37. The predicted octanol–water partition coefficient (Wildman–Crippen LogP) is 2.57. The van der Waals surface area contributed by atoms with Crippen molar-refractivity contribution in [2.75, 3.05) is 26.3 Å². The number of hydrogen-bond acceptors (Lipinski definition) is 4. The van der Waals surface area contributed by atoms with Crippen LogP contribution in [0.4, 0.5) is 0 Å². The van der Waals surface area contributed by atoms with Crippen molar-refractivity contribution in [3.63, 3.8) is 0 Å². The van der Waals surface area contributed by atoms with Crippen molar-refractivity contribution in [3.8, 4) is 5.75 Å². The van der Waals surface area contributed by atoms with E-state index < -0.39 is 0 Å². The number of ether oxygens (including phenoxy) is 1. The average molecular weight is 348 g/mol. The molecule has 1 aliphatic heterocycles. The third-order valence-electron chi connectivity index (χ3n) is 4.87. The monoisotopic (exact) mass is 348 g/mol. The van der Waals surface area contributed by atoms with Crippen LogP contribution in [0.15, 0.2) is 12.1 Å². The zero-order valence-electron chi connectivity index (χ0n) is 15.7. The number of aliphatic hydroxyl groups is 1. The molecule has 5 nitrogen and oxygen atoms in total. The molecule has 0 radical (unpaired) electrons. The quantitative estimate of drug-likeness (QED) is 0.632. The number of hydrogen-bond donors (Lipinski definition) is 3. The molecule has 1 aliphatic rings. The first kappa shape index (κ1) is 19.7. The summed E-state index contributed by atoms with van der Waals surface area (Å²) in [6.07, 6.45) is 4.83. The molecule has 2 rings (SSSR count). The van der Waals surface area contributed by atoms with E-state index in [0.29, 0.717) is 5.56 Å². The van der Waals surface area contributed by atoms with E-state index in [1.165, 1.54) is 19.3 Å². The lowest BCUT2D eigenvalue weighted by molar-refractivity contribution is 0.0921. The lowest BCUT2D eigenvalue weighted by Gasteiger charge is -2.22. The van der Waals surface area contributed by atoms with Gasteiger partial charge in [-0.05, 0) is 88.7 Å². The smallest absolute Gasteiger partial charge is 0.252 e. The summed E-state index contributed by atoms with van der Waals surface area (Å²) in [5, 5.41) is 15.3. The van der Waals surface area contributed by atoms with E-state index in [0.717, 1.165) is 48.9 Å². The molecule has 25 heavy (non-hydrogen) atoms. The fourth-order valence-electron chi connectivity index (χ4n) is 3.44. The number of aryl methyl sites for hydroxylation is 2. The van der Waals surface area contributed by atoms with Crippen LogP contribution in [0.25, 0.3) is 0 Å². The number of benzene rings is 1. The Hall–Kier alpha value is -1.59. The van der Waals surface area contributed by atoms with Crippen molar-refractivity contribution >= 4 is 5.91 Å². The molecular formula is C20H32N2O3. The number of piperidine rings is 1. The Balaban J connectivity index is 1.86. The molecule has 1 atom stereocenters. The second-order valence-electron chi connectivity index (χ2n) is 7.17. The van der Waals surface area contributed by atoms with E-state index in [4.69, 9.17) is 9.84 Å². The number of carbonyl (C=O) groups is 1. The predicted molar refractivity (Wildman–Crippen MR) is 100 cm³/mol. The van der Waals surface area contributed by atoms with E-state index in [-0.39, 0.29) is 18.6 Å². The maximum Gasteiger partial charge on any atom is 0.252 e. The SMILES string of the molecule is Cc1cc(OCCCC2CCNCC2)cc(C)c1C(=O)N[C@H](C)CO. The van der Waals surface area contributed by atoms with E-state index in [1.807, 2.05) is 26.0 Å². The van der Waals surface area contributed by atoms with Gasteiger partial charge >= 0.3 is 0 Å². The van der Waals surface area contributed by atoms with E-state index >= 15 is 0 Å². The Morgan fingerprint density at radius 1 is 1.32 bits per heavy atom. The average Bonchev–Trinajstić information content (AvgIpc) is 2.59. The fraction of sp³-hybridized carbons (Fsp3) is 0.650. The van der Waals surface area contributed by atoms with Gasteiger partial charge in [-0.15, -0.1) is 0 Å². The van der Waals surface area contributed by atoms with Crippen molar-refractivity contribution in [1.29, 1.82) is 0 Å². The Kier molecular flexibility index (Phi) is 7.72. The van der Waals surface area contributed by atoms with Crippen LogP contribution in [-0.4, -0.2) is 43.4 Å². The zero-order valence-corrected chi connectivity index (χ0v) is 15.7. The molecule has 1 fully saturated rings. The fourth-order valence-corrected chi connectivity index (χ4v) is 3.44. The van der Waals surface area contributed by atoms with Crippen molar-refractivity contribution in [2.45, 2.75) is 52.5 Å². The summed E-state index contributed by atoms with van der Waals surface area (Å²) in [5.74, 6) is 1.51.